The van der Waals surface area contributed by atoms with Crippen molar-refractivity contribution < 1.29 is 32.7 Å². The Bertz CT molecular complexity index is 1130. The van der Waals surface area contributed by atoms with Crippen molar-refractivity contribution in [3.8, 4) is 0 Å². The van der Waals surface area contributed by atoms with E-state index in [2.05, 4.69) is 44.1 Å². The number of hydrogen-bond acceptors (Lipinski definition) is 3. The first-order valence-electron chi connectivity index (χ1n) is 13.9. The number of rotatable bonds is 16. The number of nitrogens with one attached hydrogen (secondary N) is 1. The lowest BCUT2D eigenvalue weighted by molar-refractivity contribution is -0.156. The van der Waals surface area contributed by atoms with Gasteiger partial charge in [0.15, 0.2) is 0 Å². The second-order valence-corrected chi connectivity index (χ2v) is 11.7. The van der Waals surface area contributed by atoms with Crippen LogP contribution in [0.1, 0.15) is 98.2 Å². The van der Waals surface area contributed by atoms with Gasteiger partial charge in [-0.05, 0) is 41.8 Å². The average Bonchev–Trinajstić information content (AvgIpc) is 2.92. The maximum atomic E-state index is 12.9. The SMILES string of the molecule is CCCCCCCCCCCCNC(=O)c1cc(Br)c(CN(Cc2ccc(C(F)(F)F)cc2)C(=O)C(=O)O)c(Br)c1. The van der Waals surface area contributed by atoms with Crippen LogP contribution in [0.5, 0.6) is 0 Å². The Morgan fingerprint density at radius 1 is 0.829 bits per heavy atom. The fourth-order valence-corrected chi connectivity index (χ4v) is 5.78. The van der Waals surface area contributed by atoms with Gasteiger partial charge in [-0.2, -0.15) is 13.2 Å². The van der Waals surface area contributed by atoms with Gasteiger partial charge < -0.3 is 15.3 Å². The second-order valence-electron chi connectivity index (χ2n) is 10.0. The maximum Gasteiger partial charge on any atom is 0.416 e. The van der Waals surface area contributed by atoms with Crippen LogP contribution < -0.4 is 5.32 Å². The number of carboxylic acids is 1. The summed E-state index contributed by atoms with van der Waals surface area (Å²) >= 11 is 6.83. The van der Waals surface area contributed by atoms with Gasteiger partial charge in [0, 0.05) is 34.1 Å². The zero-order valence-corrected chi connectivity index (χ0v) is 26.3. The molecule has 2 amide bonds. The van der Waals surface area contributed by atoms with Crippen LogP contribution in [-0.4, -0.2) is 34.3 Å². The third kappa shape index (κ3) is 12.2. The molecule has 2 aromatic rings. The smallest absolute Gasteiger partial charge is 0.416 e. The zero-order chi connectivity index (χ0) is 30.4. The molecule has 2 N–H and O–H groups in total. The molecule has 0 bridgehead atoms. The molecule has 0 unspecified atom stereocenters. The molecule has 0 heterocycles. The summed E-state index contributed by atoms with van der Waals surface area (Å²) < 4.78 is 39.6. The second kappa shape index (κ2) is 17.5. The molecule has 0 atom stereocenters. The first-order valence-corrected chi connectivity index (χ1v) is 15.5. The Morgan fingerprint density at radius 2 is 1.34 bits per heavy atom. The third-order valence-electron chi connectivity index (χ3n) is 6.69. The topological polar surface area (TPSA) is 86.7 Å². The standard InChI is InChI=1S/C30H37Br2F3N2O4/c1-2-3-4-5-6-7-8-9-10-11-16-36-27(38)22-17-25(31)24(26(32)18-22)20-37(28(39)29(40)41)19-21-12-14-23(15-13-21)30(33,34)35/h12-15,17-18H,2-11,16,19-20H2,1H3,(H,36,38)(H,40,41). The van der Waals surface area contributed by atoms with Crippen molar-refractivity contribution in [1.82, 2.24) is 10.2 Å². The number of aliphatic carboxylic acids is 1. The highest BCUT2D eigenvalue weighted by Gasteiger charge is 2.30. The summed E-state index contributed by atoms with van der Waals surface area (Å²) in [5.41, 5.74) is 0.392. The van der Waals surface area contributed by atoms with Crippen LogP contribution in [0.15, 0.2) is 45.3 Å². The van der Waals surface area contributed by atoms with Crippen molar-refractivity contribution in [2.75, 3.05) is 6.54 Å². The Labute approximate surface area is 256 Å². The quantitative estimate of drug-likeness (QED) is 0.136. The minimum atomic E-state index is -4.51. The number of benzene rings is 2. The van der Waals surface area contributed by atoms with Crippen LogP contribution in [0.3, 0.4) is 0 Å². The van der Waals surface area contributed by atoms with Crippen LogP contribution >= 0.6 is 31.9 Å². The van der Waals surface area contributed by atoms with Crippen LogP contribution in [0, 0.1) is 0 Å². The molecule has 0 aromatic heterocycles. The van der Waals surface area contributed by atoms with Gasteiger partial charge in [-0.3, -0.25) is 9.59 Å². The summed E-state index contributed by atoms with van der Waals surface area (Å²) in [5.74, 6) is -3.15. The summed E-state index contributed by atoms with van der Waals surface area (Å²) in [6.07, 6.45) is 7.51. The van der Waals surface area contributed by atoms with Gasteiger partial charge >= 0.3 is 18.1 Å². The lowest BCUT2D eigenvalue weighted by Crippen LogP contribution is -2.35. The lowest BCUT2D eigenvalue weighted by Gasteiger charge is -2.23. The van der Waals surface area contributed by atoms with E-state index >= 15 is 0 Å². The first kappa shape index (κ1) is 34.8. The van der Waals surface area contributed by atoms with Crippen LogP contribution in [0.25, 0.3) is 0 Å². The van der Waals surface area contributed by atoms with Gasteiger partial charge in [-0.15, -0.1) is 0 Å². The number of alkyl halides is 3. The Kier molecular flexibility index (Phi) is 14.9. The molecule has 0 saturated heterocycles. The minimum Gasteiger partial charge on any atom is -0.474 e. The summed E-state index contributed by atoms with van der Waals surface area (Å²) in [4.78, 5) is 37.6. The van der Waals surface area contributed by atoms with E-state index in [9.17, 15) is 32.7 Å². The summed E-state index contributed by atoms with van der Waals surface area (Å²) in [7, 11) is 0. The van der Waals surface area contributed by atoms with Gasteiger partial charge in [-0.1, -0.05) is 109 Å². The lowest BCUT2D eigenvalue weighted by atomic mass is 10.1. The zero-order valence-electron chi connectivity index (χ0n) is 23.2. The minimum absolute atomic E-state index is 0.159. The van der Waals surface area contributed by atoms with Crippen molar-refractivity contribution in [2.24, 2.45) is 0 Å². The van der Waals surface area contributed by atoms with E-state index in [4.69, 9.17) is 0 Å². The van der Waals surface area contributed by atoms with Gasteiger partial charge in [0.05, 0.1) is 5.56 Å². The molecule has 11 heteroatoms. The molecule has 0 saturated carbocycles. The van der Waals surface area contributed by atoms with E-state index in [-0.39, 0.29) is 19.0 Å². The van der Waals surface area contributed by atoms with E-state index in [1.807, 2.05) is 0 Å². The maximum absolute atomic E-state index is 12.9. The van der Waals surface area contributed by atoms with Crippen molar-refractivity contribution >= 4 is 49.6 Å². The Hall–Kier alpha value is -2.40. The van der Waals surface area contributed by atoms with Gasteiger partial charge in [-0.25, -0.2) is 4.79 Å². The van der Waals surface area contributed by atoms with Gasteiger partial charge in [0.1, 0.15) is 0 Å². The van der Waals surface area contributed by atoms with Crippen LogP contribution in [0.2, 0.25) is 0 Å². The van der Waals surface area contributed by atoms with Crippen molar-refractivity contribution in [1.29, 1.82) is 0 Å². The molecule has 2 aromatic carbocycles. The Morgan fingerprint density at radius 3 is 1.83 bits per heavy atom. The molecule has 2 rings (SSSR count). The van der Waals surface area contributed by atoms with Crippen molar-refractivity contribution in [3.05, 3.63) is 67.6 Å². The highest BCUT2D eigenvalue weighted by atomic mass is 79.9. The van der Waals surface area contributed by atoms with Gasteiger partial charge in [0.25, 0.3) is 5.91 Å². The number of nitrogens with zero attached hydrogens (tertiary/aromatic N) is 1. The van der Waals surface area contributed by atoms with Crippen molar-refractivity contribution in [3.63, 3.8) is 0 Å². The monoisotopic (exact) mass is 704 g/mol. The van der Waals surface area contributed by atoms with Crippen LogP contribution in [-0.2, 0) is 28.9 Å². The third-order valence-corrected chi connectivity index (χ3v) is 8.11. The molecule has 6 nitrogen and oxygen atoms in total. The number of halogens is 5. The van der Waals surface area contributed by atoms with E-state index in [1.54, 1.807) is 12.1 Å². The van der Waals surface area contributed by atoms with Gasteiger partial charge in [0.2, 0.25) is 0 Å². The Balaban J connectivity index is 1.94. The summed E-state index contributed by atoms with van der Waals surface area (Å²) in [5, 5.41) is 12.2. The molecule has 0 aliphatic rings. The number of amides is 2. The fraction of sp³-hybridized carbons (Fsp3) is 0.500. The van der Waals surface area contributed by atoms with Crippen LogP contribution in [0.4, 0.5) is 13.2 Å². The average molecular weight is 706 g/mol. The molecule has 0 aliphatic heterocycles. The molecule has 0 fully saturated rings. The number of carboxylic acid groups (broad SMARTS) is 1. The van der Waals surface area contributed by atoms with E-state index in [1.165, 1.54) is 57.1 Å². The first-order chi connectivity index (χ1) is 19.4. The normalized spacial score (nSPS) is 11.4. The number of carbonyl (C=O) groups excluding carboxylic acids is 2. The molecule has 0 aliphatic carbocycles. The number of hydrogen-bond donors (Lipinski definition) is 2. The molecule has 41 heavy (non-hydrogen) atoms. The molecular formula is C30H37Br2F3N2O4. The predicted molar refractivity (Wildman–Crippen MR) is 159 cm³/mol. The number of unbranched alkanes of at least 4 members (excludes halogenated alkanes) is 9. The highest BCUT2D eigenvalue weighted by Crippen LogP contribution is 2.31. The summed E-state index contributed by atoms with van der Waals surface area (Å²) in [6.45, 7) is 2.39. The molecule has 226 valence electrons. The van der Waals surface area contributed by atoms with E-state index < -0.39 is 23.6 Å². The largest absolute Gasteiger partial charge is 0.474 e. The molecule has 0 spiro atoms. The predicted octanol–water partition coefficient (Wildman–Crippen LogP) is 8.49. The van der Waals surface area contributed by atoms with Crippen molar-refractivity contribution in [2.45, 2.75) is 90.4 Å². The van der Waals surface area contributed by atoms with E-state index in [0.29, 0.717) is 32.2 Å². The summed E-state index contributed by atoms with van der Waals surface area (Å²) in [6, 6.07) is 7.36. The van der Waals surface area contributed by atoms with E-state index in [0.717, 1.165) is 36.3 Å². The molecular weight excluding hydrogens is 669 g/mol. The number of carbonyl (C=O) groups is 3. The fourth-order valence-electron chi connectivity index (χ4n) is 4.35. The highest BCUT2D eigenvalue weighted by molar-refractivity contribution is 9.11. The molecule has 0 radical (unpaired) electrons.